The summed E-state index contributed by atoms with van der Waals surface area (Å²) in [5.74, 6) is -0.774. The maximum absolute atomic E-state index is 11.1. The van der Waals surface area contributed by atoms with Crippen LogP contribution >= 0.6 is 0 Å². The van der Waals surface area contributed by atoms with Crippen molar-refractivity contribution in [3.63, 3.8) is 0 Å². The van der Waals surface area contributed by atoms with E-state index in [-0.39, 0.29) is 17.8 Å². The van der Waals surface area contributed by atoms with E-state index in [1.807, 2.05) is 0 Å². The van der Waals surface area contributed by atoms with Crippen LogP contribution in [0, 0.1) is 0 Å². The molecule has 5 nitrogen and oxygen atoms in total. The van der Waals surface area contributed by atoms with E-state index in [9.17, 15) is 14.4 Å². The predicted octanol–water partition coefficient (Wildman–Crippen LogP) is 0.645. The zero-order valence-corrected chi connectivity index (χ0v) is 9.27. The van der Waals surface area contributed by atoms with Crippen molar-refractivity contribution in [1.29, 1.82) is 0 Å². The molecule has 0 saturated carbocycles. The van der Waals surface area contributed by atoms with Gasteiger partial charge >= 0.3 is 5.97 Å². The molecule has 0 spiro atoms. The van der Waals surface area contributed by atoms with Crippen LogP contribution in [0.15, 0.2) is 12.2 Å². The van der Waals surface area contributed by atoms with Crippen LogP contribution in [-0.4, -0.2) is 35.8 Å². The Balaban J connectivity index is 2.05. The molecular formula is C11H15NO4. The monoisotopic (exact) mass is 225 g/mol. The van der Waals surface area contributed by atoms with Crippen LogP contribution in [-0.2, 0) is 19.1 Å². The molecule has 0 N–H and O–H groups in total. The van der Waals surface area contributed by atoms with Gasteiger partial charge in [0.15, 0.2) is 0 Å². The zero-order valence-electron chi connectivity index (χ0n) is 9.27. The Morgan fingerprint density at radius 1 is 1.19 bits per heavy atom. The Bertz CT molecular complexity index is 304. The Hall–Kier alpha value is -1.65. The number of hydrogen-bond donors (Lipinski definition) is 0. The number of rotatable bonds is 6. The fourth-order valence-corrected chi connectivity index (χ4v) is 1.42. The molecule has 0 aliphatic carbocycles. The van der Waals surface area contributed by atoms with E-state index < -0.39 is 0 Å². The van der Waals surface area contributed by atoms with Gasteiger partial charge in [-0.05, 0) is 19.3 Å². The van der Waals surface area contributed by atoms with Gasteiger partial charge in [0, 0.05) is 25.6 Å². The third kappa shape index (κ3) is 3.84. The van der Waals surface area contributed by atoms with Gasteiger partial charge in [0.05, 0.1) is 6.61 Å². The number of hydrogen-bond acceptors (Lipinski definition) is 4. The molecule has 5 heteroatoms. The highest BCUT2D eigenvalue weighted by Gasteiger charge is 2.21. The lowest BCUT2D eigenvalue weighted by Crippen LogP contribution is -2.30. The van der Waals surface area contributed by atoms with Gasteiger partial charge in [-0.1, -0.05) is 0 Å². The first-order chi connectivity index (χ1) is 7.61. The van der Waals surface area contributed by atoms with Gasteiger partial charge in [0.2, 0.25) is 0 Å². The fraction of sp³-hybridized carbons (Fsp3) is 0.545. The molecule has 1 rings (SSSR count). The van der Waals surface area contributed by atoms with Crippen molar-refractivity contribution < 1.29 is 19.1 Å². The number of unbranched alkanes of at least 4 members (excludes halogenated alkanes) is 2. The number of carbonyl (C=O) groups excluding carboxylic acids is 3. The van der Waals surface area contributed by atoms with Crippen molar-refractivity contribution in [3.05, 3.63) is 12.2 Å². The quantitative estimate of drug-likeness (QED) is 0.378. The Labute approximate surface area is 94.1 Å². The van der Waals surface area contributed by atoms with Gasteiger partial charge in [0.1, 0.15) is 0 Å². The molecule has 1 aliphatic rings. The largest absolute Gasteiger partial charge is 0.466 e. The Morgan fingerprint density at radius 2 is 1.81 bits per heavy atom. The molecule has 0 atom stereocenters. The number of imide groups is 1. The number of amides is 2. The molecule has 1 heterocycles. The van der Waals surface area contributed by atoms with E-state index in [1.54, 1.807) is 0 Å². The third-order valence-electron chi connectivity index (χ3n) is 2.23. The number of nitrogens with zero attached hydrogens (tertiary/aromatic N) is 1. The topological polar surface area (TPSA) is 63.7 Å². The highest BCUT2D eigenvalue weighted by molar-refractivity contribution is 6.12. The van der Waals surface area contributed by atoms with Crippen molar-refractivity contribution in [1.82, 2.24) is 4.90 Å². The summed E-state index contributed by atoms with van der Waals surface area (Å²) < 4.78 is 4.76. The summed E-state index contributed by atoms with van der Waals surface area (Å²) >= 11 is 0. The third-order valence-corrected chi connectivity index (χ3v) is 2.23. The van der Waals surface area contributed by atoms with Crippen molar-refractivity contribution >= 4 is 17.8 Å². The first-order valence-electron chi connectivity index (χ1n) is 5.28. The van der Waals surface area contributed by atoms with Crippen LogP contribution in [0.5, 0.6) is 0 Å². The summed E-state index contributed by atoms with van der Waals surface area (Å²) in [7, 11) is 0. The molecule has 0 aromatic heterocycles. The smallest absolute Gasteiger partial charge is 0.302 e. The van der Waals surface area contributed by atoms with Crippen molar-refractivity contribution in [2.45, 2.75) is 26.2 Å². The molecule has 88 valence electrons. The lowest BCUT2D eigenvalue weighted by molar-refractivity contribution is -0.141. The van der Waals surface area contributed by atoms with Crippen LogP contribution in [0.3, 0.4) is 0 Å². The SMILES string of the molecule is CC(=O)OCCCCCN1C(=O)C=CC1=O. The molecule has 16 heavy (non-hydrogen) atoms. The van der Waals surface area contributed by atoms with Gasteiger partial charge in [-0.25, -0.2) is 0 Å². The van der Waals surface area contributed by atoms with E-state index in [4.69, 9.17) is 4.74 Å². The van der Waals surface area contributed by atoms with Crippen LogP contribution in [0.25, 0.3) is 0 Å². The molecule has 0 aromatic rings. The Morgan fingerprint density at radius 3 is 2.38 bits per heavy atom. The normalized spacial score (nSPS) is 14.7. The second-order valence-corrected chi connectivity index (χ2v) is 3.56. The number of carbonyl (C=O) groups is 3. The van der Waals surface area contributed by atoms with Crippen molar-refractivity contribution in [2.75, 3.05) is 13.2 Å². The molecule has 0 bridgehead atoms. The van der Waals surface area contributed by atoms with Crippen LogP contribution < -0.4 is 0 Å². The van der Waals surface area contributed by atoms with Gasteiger partial charge in [-0.2, -0.15) is 0 Å². The van der Waals surface area contributed by atoms with Crippen molar-refractivity contribution in [2.24, 2.45) is 0 Å². The first-order valence-corrected chi connectivity index (χ1v) is 5.28. The number of ether oxygens (including phenoxy) is 1. The van der Waals surface area contributed by atoms with Crippen LogP contribution in [0.4, 0.5) is 0 Å². The van der Waals surface area contributed by atoms with E-state index in [2.05, 4.69) is 0 Å². The van der Waals surface area contributed by atoms with E-state index in [0.29, 0.717) is 13.2 Å². The minimum Gasteiger partial charge on any atom is -0.466 e. The van der Waals surface area contributed by atoms with Crippen LogP contribution in [0.1, 0.15) is 26.2 Å². The minimum atomic E-state index is -0.283. The molecule has 0 fully saturated rings. The summed E-state index contributed by atoms with van der Waals surface area (Å²) in [6.07, 6.45) is 4.87. The van der Waals surface area contributed by atoms with E-state index in [0.717, 1.165) is 19.3 Å². The van der Waals surface area contributed by atoms with Gasteiger partial charge < -0.3 is 4.74 Å². The molecular weight excluding hydrogens is 210 g/mol. The Kier molecular flexibility index (Phi) is 4.69. The zero-order chi connectivity index (χ0) is 12.0. The lowest BCUT2D eigenvalue weighted by Gasteiger charge is -2.12. The molecule has 1 aliphatic heterocycles. The maximum atomic E-state index is 11.1. The summed E-state index contributed by atoms with van der Waals surface area (Å²) in [4.78, 5) is 33.9. The highest BCUT2D eigenvalue weighted by atomic mass is 16.5. The van der Waals surface area contributed by atoms with Crippen LogP contribution in [0.2, 0.25) is 0 Å². The first kappa shape index (κ1) is 12.4. The molecule has 0 aromatic carbocycles. The second-order valence-electron chi connectivity index (χ2n) is 3.56. The fourth-order valence-electron chi connectivity index (χ4n) is 1.42. The summed E-state index contributed by atoms with van der Waals surface area (Å²) in [5.41, 5.74) is 0. The molecule has 0 saturated heterocycles. The van der Waals surface area contributed by atoms with E-state index >= 15 is 0 Å². The summed E-state index contributed by atoms with van der Waals surface area (Å²) in [5, 5.41) is 0. The number of esters is 1. The van der Waals surface area contributed by atoms with Gasteiger partial charge in [-0.3, -0.25) is 19.3 Å². The average Bonchev–Trinajstić information content (AvgIpc) is 2.53. The van der Waals surface area contributed by atoms with E-state index in [1.165, 1.54) is 24.0 Å². The van der Waals surface area contributed by atoms with Crippen molar-refractivity contribution in [3.8, 4) is 0 Å². The van der Waals surface area contributed by atoms with Gasteiger partial charge in [-0.15, -0.1) is 0 Å². The van der Waals surface area contributed by atoms with Gasteiger partial charge in [0.25, 0.3) is 11.8 Å². The predicted molar refractivity (Wildman–Crippen MR) is 56.3 cm³/mol. The second kappa shape index (κ2) is 6.05. The highest BCUT2D eigenvalue weighted by Crippen LogP contribution is 2.06. The standard InChI is InChI=1S/C11H15NO4/c1-9(13)16-8-4-2-3-7-12-10(14)5-6-11(12)15/h5-6H,2-4,7-8H2,1H3. The molecule has 2 amide bonds. The molecule has 0 unspecified atom stereocenters. The summed E-state index contributed by atoms with van der Waals surface area (Å²) in [6.45, 7) is 2.20. The molecule has 0 radical (unpaired) electrons. The summed E-state index contributed by atoms with van der Waals surface area (Å²) in [6, 6.07) is 0. The minimum absolute atomic E-state index is 0.245. The maximum Gasteiger partial charge on any atom is 0.302 e. The average molecular weight is 225 g/mol. The lowest BCUT2D eigenvalue weighted by atomic mass is 10.2.